The van der Waals surface area contributed by atoms with Crippen molar-refractivity contribution < 1.29 is 53.5 Å². The number of hydrogen-bond acceptors (Lipinski definition) is 1. The molecule has 0 spiro atoms. The standard InChI is InChI=1S/C29H33.C9H7O.C6H10.2ClH.Zr/c1-14-13-24-25(18(5)15(14)2)21(8)28-27-20(7)17(4)16(3)19(6)26(27)22-11-9-10-12-23(22)29(24)28;1-2-4-8(3-1)9-5-6-10-7-9;1-2-4-6-5-3-1;;;/h9-13,16-17,19,21H,1-8H3;1,3,5-7H,2H2;1-5H2;2*1H;/q2*-1;;;;+2/p-2. The number of rotatable bonds is 1. The van der Waals surface area contributed by atoms with Gasteiger partial charge in [0.15, 0.2) is 0 Å². The maximum absolute atomic E-state index is 4.93. The molecule has 0 bridgehead atoms. The van der Waals surface area contributed by atoms with Crippen LogP contribution in [-0.2, 0) is 24.2 Å². The normalized spacial score (nSPS) is 21.8. The van der Waals surface area contributed by atoms with E-state index in [9.17, 15) is 0 Å². The predicted molar refractivity (Wildman–Crippen MR) is 193 cm³/mol. The monoisotopic (exact) mass is 754 g/mol. The van der Waals surface area contributed by atoms with Gasteiger partial charge >= 0.3 is 59.5 Å². The summed E-state index contributed by atoms with van der Waals surface area (Å²) in [6.45, 7) is 19.1. The van der Waals surface area contributed by atoms with Crippen molar-refractivity contribution in [2.24, 2.45) is 11.8 Å². The van der Waals surface area contributed by atoms with Gasteiger partial charge in [0.25, 0.3) is 0 Å². The molecule has 1 saturated carbocycles. The van der Waals surface area contributed by atoms with Gasteiger partial charge in [0.1, 0.15) is 0 Å². The molecule has 4 aliphatic carbocycles. The third-order valence-corrected chi connectivity index (χ3v) is 13.0. The van der Waals surface area contributed by atoms with E-state index in [-0.39, 0.29) is 24.8 Å². The molecule has 4 aromatic rings. The summed E-state index contributed by atoms with van der Waals surface area (Å²) in [5.74, 6) is 3.94. The third-order valence-electron chi connectivity index (χ3n) is 11.7. The summed E-state index contributed by atoms with van der Waals surface area (Å²) in [4.78, 5) is 0. The summed E-state index contributed by atoms with van der Waals surface area (Å²) in [7, 11) is 0. The number of furan rings is 1. The van der Waals surface area contributed by atoms with E-state index < -0.39 is 0 Å². The first kappa shape index (κ1) is 38.7. The Bertz CT molecular complexity index is 1820. The van der Waals surface area contributed by atoms with Gasteiger partial charge in [0.2, 0.25) is 0 Å². The SMILES string of the molecule is Cc1cc2c(c(C)c1C)C(C)c1c3c(c4ccccc4c1-2)C(C)C(C)C(C)[C-]3C.[C-]1=C(c2ccoc2)C=CC1.[Cl-].[Cl-].[Zr+2]=[C]1CCCCC1. The fraction of sp³-hybridized carbons (Fsp3) is 0.409. The fourth-order valence-corrected chi connectivity index (χ4v) is 9.30. The van der Waals surface area contributed by atoms with Crippen molar-refractivity contribution in [2.75, 3.05) is 0 Å². The number of hydrogen-bond donors (Lipinski definition) is 0. The van der Waals surface area contributed by atoms with E-state index in [4.69, 9.17) is 4.42 Å². The van der Waals surface area contributed by atoms with Gasteiger partial charge in [-0.2, -0.15) is 29.2 Å². The Labute approximate surface area is 317 Å². The van der Waals surface area contributed by atoms with Crippen molar-refractivity contribution >= 4 is 19.6 Å². The Balaban J connectivity index is 0.000000224. The van der Waals surface area contributed by atoms with Crippen molar-refractivity contribution in [1.82, 2.24) is 0 Å². The number of aryl methyl sites for hydroxylation is 1. The van der Waals surface area contributed by atoms with Gasteiger partial charge in [0, 0.05) is 6.26 Å². The van der Waals surface area contributed by atoms with Gasteiger partial charge in [-0.15, -0.1) is 17.2 Å². The summed E-state index contributed by atoms with van der Waals surface area (Å²) in [6, 6.07) is 13.6. The van der Waals surface area contributed by atoms with E-state index in [0.717, 1.165) is 17.6 Å². The third kappa shape index (κ3) is 7.06. The van der Waals surface area contributed by atoms with Crippen LogP contribution in [0.25, 0.3) is 27.5 Å². The molecule has 4 heteroatoms. The zero-order chi connectivity index (χ0) is 32.7. The molecule has 1 heterocycles. The molecule has 4 aliphatic rings. The van der Waals surface area contributed by atoms with Crippen LogP contribution in [0, 0.1) is 44.6 Å². The van der Waals surface area contributed by atoms with Gasteiger partial charge in [-0.05, 0) is 59.9 Å². The Kier molecular flexibility index (Phi) is 13.1. The Morgan fingerprint density at radius 3 is 2.12 bits per heavy atom. The van der Waals surface area contributed by atoms with Crippen molar-refractivity contribution in [3.8, 4) is 11.1 Å². The van der Waals surface area contributed by atoms with Crippen LogP contribution < -0.4 is 24.8 Å². The molecule has 252 valence electrons. The molecule has 0 N–H and O–H groups in total. The number of benzene rings is 3. The van der Waals surface area contributed by atoms with Crippen molar-refractivity contribution in [2.45, 2.75) is 106 Å². The first-order valence-electron chi connectivity index (χ1n) is 17.5. The van der Waals surface area contributed by atoms with Crippen molar-refractivity contribution in [3.05, 3.63) is 118 Å². The van der Waals surface area contributed by atoms with E-state index in [1.165, 1.54) is 70.7 Å². The van der Waals surface area contributed by atoms with Crippen LogP contribution in [0.15, 0.2) is 65.5 Å². The van der Waals surface area contributed by atoms with Crippen LogP contribution in [0.2, 0.25) is 0 Å². The molecule has 48 heavy (non-hydrogen) atoms. The second kappa shape index (κ2) is 16.3. The molecule has 8 rings (SSSR count). The molecule has 4 atom stereocenters. The molecule has 3 aromatic carbocycles. The Morgan fingerprint density at radius 2 is 1.54 bits per heavy atom. The molecule has 0 radical (unpaired) electrons. The molecule has 1 fully saturated rings. The van der Waals surface area contributed by atoms with Crippen LogP contribution >= 0.6 is 0 Å². The zero-order valence-corrected chi connectivity index (χ0v) is 34.0. The summed E-state index contributed by atoms with van der Waals surface area (Å²) in [6.07, 6.45) is 19.0. The van der Waals surface area contributed by atoms with Crippen molar-refractivity contribution in [1.29, 1.82) is 0 Å². The molecule has 1 aromatic heterocycles. The van der Waals surface area contributed by atoms with E-state index >= 15 is 0 Å². The zero-order valence-electron chi connectivity index (χ0n) is 30.0. The average molecular weight is 757 g/mol. The van der Waals surface area contributed by atoms with Gasteiger partial charge in [0.05, 0.1) is 6.26 Å². The van der Waals surface area contributed by atoms with E-state index in [2.05, 4.69) is 104 Å². The summed E-state index contributed by atoms with van der Waals surface area (Å²) in [5, 5.41) is 2.93. The van der Waals surface area contributed by atoms with Crippen LogP contribution in [0.3, 0.4) is 0 Å². The summed E-state index contributed by atoms with van der Waals surface area (Å²) < 4.78 is 6.74. The van der Waals surface area contributed by atoms with Gasteiger partial charge in [-0.3, -0.25) is 0 Å². The predicted octanol–water partition coefficient (Wildman–Crippen LogP) is 6.33. The number of allylic oxidation sites excluding steroid dienone is 4. The molecule has 0 saturated heterocycles. The Morgan fingerprint density at radius 1 is 0.854 bits per heavy atom. The van der Waals surface area contributed by atoms with Gasteiger partial charge in [-0.1, -0.05) is 112 Å². The van der Waals surface area contributed by atoms with Crippen LogP contribution in [0.5, 0.6) is 0 Å². The first-order valence-corrected chi connectivity index (χ1v) is 18.7. The second-order valence-electron chi connectivity index (χ2n) is 14.2. The Hall–Kier alpha value is -2.12. The molecular weight excluding hydrogens is 707 g/mol. The quantitative estimate of drug-likeness (QED) is 0.207. The van der Waals surface area contributed by atoms with Gasteiger partial charge in [-0.25, -0.2) is 0 Å². The topological polar surface area (TPSA) is 13.1 Å². The maximum atomic E-state index is 4.93. The number of halogens is 2. The molecule has 0 aliphatic heterocycles. The molecule has 4 unspecified atom stereocenters. The fourth-order valence-electron chi connectivity index (χ4n) is 8.44. The van der Waals surface area contributed by atoms with Crippen LogP contribution in [0.4, 0.5) is 0 Å². The summed E-state index contributed by atoms with van der Waals surface area (Å²) in [5.41, 5.74) is 16.0. The molecule has 1 nitrogen and oxygen atoms in total. The van der Waals surface area contributed by atoms with Gasteiger partial charge < -0.3 is 29.2 Å². The van der Waals surface area contributed by atoms with Crippen molar-refractivity contribution in [3.63, 3.8) is 0 Å². The van der Waals surface area contributed by atoms with Crippen LogP contribution in [0.1, 0.15) is 129 Å². The van der Waals surface area contributed by atoms with E-state index in [1.54, 1.807) is 68.1 Å². The second-order valence-corrected chi connectivity index (χ2v) is 16.0. The molecular formula is C44H50Cl2OZr-2. The minimum atomic E-state index is 0. The number of fused-ring (bicyclic) bond motifs is 8. The minimum absolute atomic E-state index is 0. The average Bonchev–Trinajstić information content (AvgIpc) is 3.84. The van der Waals surface area contributed by atoms with Crippen LogP contribution in [-0.4, -0.2) is 3.21 Å². The summed E-state index contributed by atoms with van der Waals surface area (Å²) >= 11 is 1.69. The molecule has 0 amide bonds. The van der Waals surface area contributed by atoms with E-state index in [0.29, 0.717) is 23.7 Å². The van der Waals surface area contributed by atoms with E-state index in [1.807, 2.05) is 6.07 Å². The first-order chi connectivity index (χ1) is 22.1.